The van der Waals surface area contributed by atoms with Crippen LogP contribution in [0.3, 0.4) is 0 Å². The molecule has 0 bridgehead atoms. The molecule has 0 radical (unpaired) electrons. The molecular formula is C22H32N2O. The third-order valence-electron chi connectivity index (χ3n) is 4.46. The second-order valence-electron chi connectivity index (χ2n) is 6.48. The predicted octanol–water partition coefficient (Wildman–Crippen LogP) is 4.40. The van der Waals surface area contributed by atoms with E-state index < -0.39 is 0 Å². The summed E-state index contributed by atoms with van der Waals surface area (Å²) in [6.45, 7) is 12.6. The van der Waals surface area contributed by atoms with Gasteiger partial charge in [-0.2, -0.15) is 0 Å². The Balaban J connectivity index is 1.67. The molecule has 0 unspecified atom stereocenters. The third-order valence-corrected chi connectivity index (χ3v) is 4.46. The lowest BCUT2D eigenvalue weighted by molar-refractivity contribution is 0.298. The van der Waals surface area contributed by atoms with E-state index in [4.69, 9.17) is 4.74 Å². The van der Waals surface area contributed by atoms with E-state index in [1.165, 1.54) is 29.7 Å². The maximum Gasteiger partial charge on any atom is 0.119 e. The third kappa shape index (κ3) is 7.29. The van der Waals surface area contributed by atoms with Crippen LogP contribution >= 0.6 is 0 Å². The molecule has 0 spiro atoms. The first-order valence-corrected chi connectivity index (χ1v) is 9.41. The van der Waals surface area contributed by atoms with Crippen molar-refractivity contribution >= 4 is 0 Å². The molecule has 0 aliphatic rings. The zero-order valence-electron chi connectivity index (χ0n) is 15.9. The molecule has 0 atom stereocenters. The molecule has 0 aromatic heterocycles. The monoisotopic (exact) mass is 340 g/mol. The van der Waals surface area contributed by atoms with Crippen molar-refractivity contribution in [1.29, 1.82) is 0 Å². The van der Waals surface area contributed by atoms with E-state index >= 15 is 0 Å². The summed E-state index contributed by atoms with van der Waals surface area (Å²) in [6.07, 6.45) is 1.19. The zero-order chi connectivity index (χ0) is 17.9. The van der Waals surface area contributed by atoms with Crippen LogP contribution in [-0.2, 0) is 13.2 Å². The number of nitrogens with one attached hydrogen (secondary N) is 1. The molecule has 0 aliphatic heterocycles. The van der Waals surface area contributed by atoms with Gasteiger partial charge in [0.2, 0.25) is 0 Å². The topological polar surface area (TPSA) is 24.5 Å². The van der Waals surface area contributed by atoms with Crippen LogP contribution in [0.1, 0.15) is 37.0 Å². The van der Waals surface area contributed by atoms with Gasteiger partial charge in [0, 0.05) is 6.54 Å². The molecule has 0 saturated heterocycles. The summed E-state index contributed by atoms with van der Waals surface area (Å²) in [4.78, 5) is 2.46. The molecule has 25 heavy (non-hydrogen) atoms. The standard InChI is InChI=1S/C22H32N2O/c1-4-24(5-2)15-7-14-23-17-20-10-12-22(13-11-20)25-18-21-9-6-8-19(3)16-21/h6,8-13,16,23H,4-5,7,14-15,17-18H2,1-3H3. The number of rotatable bonds is 11. The van der Waals surface area contributed by atoms with Gasteiger partial charge >= 0.3 is 0 Å². The SMILES string of the molecule is CCN(CC)CCCNCc1ccc(OCc2cccc(C)c2)cc1. The Labute approximate surface area is 153 Å². The van der Waals surface area contributed by atoms with Crippen LogP contribution in [0.2, 0.25) is 0 Å². The van der Waals surface area contributed by atoms with E-state index in [0.717, 1.165) is 31.9 Å². The lowest BCUT2D eigenvalue weighted by atomic mass is 10.1. The van der Waals surface area contributed by atoms with Crippen LogP contribution in [0.25, 0.3) is 0 Å². The minimum atomic E-state index is 0.616. The van der Waals surface area contributed by atoms with Crippen LogP contribution in [0.5, 0.6) is 5.75 Å². The predicted molar refractivity (Wildman–Crippen MR) is 106 cm³/mol. The summed E-state index contributed by atoms with van der Waals surface area (Å²) in [7, 11) is 0. The van der Waals surface area contributed by atoms with Crippen molar-refractivity contribution in [3.63, 3.8) is 0 Å². The molecule has 136 valence electrons. The highest BCUT2D eigenvalue weighted by Crippen LogP contribution is 2.14. The number of hydrogen-bond donors (Lipinski definition) is 1. The average Bonchev–Trinajstić information content (AvgIpc) is 2.64. The van der Waals surface area contributed by atoms with E-state index in [1.54, 1.807) is 0 Å². The molecule has 3 nitrogen and oxygen atoms in total. The van der Waals surface area contributed by atoms with Crippen molar-refractivity contribution in [3.05, 3.63) is 65.2 Å². The van der Waals surface area contributed by atoms with Gasteiger partial charge in [-0.3, -0.25) is 0 Å². The fourth-order valence-corrected chi connectivity index (χ4v) is 2.87. The summed E-state index contributed by atoms with van der Waals surface area (Å²) in [6, 6.07) is 16.8. The van der Waals surface area contributed by atoms with E-state index in [9.17, 15) is 0 Å². The molecule has 2 aromatic carbocycles. The van der Waals surface area contributed by atoms with Crippen molar-refractivity contribution in [3.8, 4) is 5.75 Å². The Morgan fingerprint density at radius 2 is 1.72 bits per heavy atom. The van der Waals surface area contributed by atoms with Crippen molar-refractivity contribution < 1.29 is 4.74 Å². The van der Waals surface area contributed by atoms with Gasteiger partial charge in [-0.15, -0.1) is 0 Å². The number of ether oxygens (including phenoxy) is 1. The van der Waals surface area contributed by atoms with E-state index in [0.29, 0.717) is 6.61 Å². The molecule has 0 heterocycles. The maximum atomic E-state index is 5.87. The van der Waals surface area contributed by atoms with Gasteiger partial charge < -0.3 is 15.0 Å². The first kappa shape index (κ1) is 19.5. The molecule has 0 fully saturated rings. The Morgan fingerprint density at radius 1 is 0.960 bits per heavy atom. The minimum absolute atomic E-state index is 0.616. The summed E-state index contributed by atoms with van der Waals surface area (Å²) in [5.74, 6) is 0.923. The van der Waals surface area contributed by atoms with Gasteiger partial charge in [-0.1, -0.05) is 55.8 Å². The molecule has 0 amide bonds. The minimum Gasteiger partial charge on any atom is -0.489 e. The van der Waals surface area contributed by atoms with Gasteiger partial charge in [-0.25, -0.2) is 0 Å². The zero-order valence-corrected chi connectivity index (χ0v) is 15.9. The van der Waals surface area contributed by atoms with Crippen LogP contribution in [0.4, 0.5) is 0 Å². The molecule has 0 saturated carbocycles. The summed E-state index contributed by atoms with van der Waals surface area (Å²) >= 11 is 0. The highest BCUT2D eigenvalue weighted by atomic mass is 16.5. The van der Waals surface area contributed by atoms with Crippen LogP contribution in [0, 0.1) is 6.92 Å². The van der Waals surface area contributed by atoms with Crippen molar-refractivity contribution in [2.24, 2.45) is 0 Å². The smallest absolute Gasteiger partial charge is 0.119 e. The summed E-state index contributed by atoms with van der Waals surface area (Å²) < 4.78 is 5.87. The van der Waals surface area contributed by atoms with Gasteiger partial charge in [0.15, 0.2) is 0 Å². The molecule has 2 aromatic rings. The number of hydrogen-bond acceptors (Lipinski definition) is 3. The first-order chi connectivity index (χ1) is 12.2. The largest absolute Gasteiger partial charge is 0.489 e. The van der Waals surface area contributed by atoms with Crippen molar-refractivity contribution in [2.45, 2.75) is 40.3 Å². The van der Waals surface area contributed by atoms with E-state index in [-0.39, 0.29) is 0 Å². The Bertz CT molecular complexity index is 606. The highest BCUT2D eigenvalue weighted by molar-refractivity contribution is 5.28. The Kier molecular flexibility index (Phi) is 8.50. The normalized spacial score (nSPS) is 11.0. The van der Waals surface area contributed by atoms with Crippen LogP contribution < -0.4 is 10.1 Å². The average molecular weight is 341 g/mol. The van der Waals surface area contributed by atoms with Gasteiger partial charge in [0.05, 0.1) is 0 Å². The summed E-state index contributed by atoms with van der Waals surface area (Å²) in [5, 5.41) is 3.52. The Morgan fingerprint density at radius 3 is 2.40 bits per heavy atom. The number of aryl methyl sites for hydroxylation is 1. The van der Waals surface area contributed by atoms with Gasteiger partial charge in [0.25, 0.3) is 0 Å². The van der Waals surface area contributed by atoms with Crippen LogP contribution in [-0.4, -0.2) is 31.1 Å². The summed E-state index contributed by atoms with van der Waals surface area (Å²) in [5.41, 5.74) is 3.77. The number of benzene rings is 2. The first-order valence-electron chi connectivity index (χ1n) is 9.41. The number of nitrogens with zero attached hydrogens (tertiary/aromatic N) is 1. The molecule has 1 N–H and O–H groups in total. The highest BCUT2D eigenvalue weighted by Gasteiger charge is 2.00. The molecular weight excluding hydrogens is 308 g/mol. The fourth-order valence-electron chi connectivity index (χ4n) is 2.87. The molecule has 0 aliphatic carbocycles. The van der Waals surface area contributed by atoms with Crippen LogP contribution in [0.15, 0.2) is 48.5 Å². The lowest BCUT2D eigenvalue weighted by Crippen LogP contribution is -2.27. The van der Waals surface area contributed by atoms with Gasteiger partial charge in [-0.05, 0) is 62.8 Å². The fraction of sp³-hybridized carbons (Fsp3) is 0.455. The maximum absolute atomic E-state index is 5.87. The second-order valence-corrected chi connectivity index (χ2v) is 6.48. The van der Waals surface area contributed by atoms with Gasteiger partial charge in [0.1, 0.15) is 12.4 Å². The van der Waals surface area contributed by atoms with Crippen molar-refractivity contribution in [1.82, 2.24) is 10.2 Å². The molecule has 3 heteroatoms. The second kappa shape index (κ2) is 10.9. The Hall–Kier alpha value is -1.84. The lowest BCUT2D eigenvalue weighted by Gasteiger charge is -2.17. The quantitative estimate of drug-likeness (QED) is 0.614. The van der Waals surface area contributed by atoms with E-state index in [2.05, 4.69) is 79.5 Å². The molecule has 2 rings (SSSR count). The van der Waals surface area contributed by atoms with Crippen molar-refractivity contribution in [2.75, 3.05) is 26.2 Å². The van der Waals surface area contributed by atoms with E-state index in [1.807, 2.05) is 0 Å².